The lowest BCUT2D eigenvalue weighted by atomic mass is 9.81. The van der Waals surface area contributed by atoms with Gasteiger partial charge in [0.25, 0.3) is 0 Å². The average Bonchev–Trinajstić information content (AvgIpc) is 3.59. The van der Waals surface area contributed by atoms with Crippen LogP contribution in [0.1, 0.15) is 25.0 Å². The Morgan fingerprint density at radius 1 is 0.270 bits per heavy atom. The smallest absolute Gasteiger partial charge is 0.164 e. The van der Waals surface area contributed by atoms with Crippen molar-refractivity contribution in [3.8, 4) is 78.7 Å². The van der Waals surface area contributed by atoms with E-state index in [0.29, 0.717) is 17.5 Å². The van der Waals surface area contributed by atoms with Gasteiger partial charge in [-0.15, -0.1) is 0 Å². The summed E-state index contributed by atoms with van der Waals surface area (Å²) in [5, 5.41) is 7.09. The third-order valence-electron chi connectivity index (χ3n) is 13.1. The normalized spacial score (nSPS) is 12.7. The Balaban J connectivity index is 0.976. The molecule has 296 valence electrons. The van der Waals surface area contributed by atoms with E-state index in [2.05, 4.69) is 190 Å². The molecule has 0 bridgehead atoms. The molecule has 0 spiro atoms. The van der Waals surface area contributed by atoms with Gasteiger partial charge in [0.05, 0.1) is 0 Å². The molecule has 1 aromatic heterocycles. The second-order valence-corrected chi connectivity index (χ2v) is 17.2. The fourth-order valence-electron chi connectivity index (χ4n) is 9.90. The summed E-state index contributed by atoms with van der Waals surface area (Å²) < 4.78 is 0. The van der Waals surface area contributed by atoms with E-state index in [1.165, 1.54) is 71.4 Å². The largest absolute Gasteiger partial charge is 0.208 e. The number of fused-ring (bicyclic) bond motifs is 9. The Bertz CT molecular complexity index is 3500. The van der Waals surface area contributed by atoms with Gasteiger partial charge in [0.15, 0.2) is 17.5 Å². The van der Waals surface area contributed by atoms with E-state index in [9.17, 15) is 0 Å². The minimum Gasteiger partial charge on any atom is -0.208 e. The maximum atomic E-state index is 5.27. The lowest BCUT2D eigenvalue weighted by Gasteiger charge is -2.22. The third-order valence-corrected chi connectivity index (χ3v) is 13.1. The van der Waals surface area contributed by atoms with Crippen molar-refractivity contribution >= 4 is 32.3 Å². The van der Waals surface area contributed by atoms with Crippen molar-refractivity contribution in [2.75, 3.05) is 0 Å². The van der Waals surface area contributed by atoms with Crippen LogP contribution in [0.25, 0.3) is 111 Å². The topological polar surface area (TPSA) is 38.7 Å². The standard InChI is InChI=1S/C60H41N3/c1-60(2)54-24-14-13-22-49(54)50-34-33-44(37-55(50)60)40-29-25-38(26-30-40)39-27-31-41(32-28-39)45-35-52-48-21-10-9-19-46(48)47-20-11-12-23-51(47)56(52)53(36-45)59-62-57(42-15-5-3-6-16-42)61-58(63-59)43-17-7-4-8-18-43/h3-37H,1-2H3. The van der Waals surface area contributed by atoms with Crippen LogP contribution in [0, 0.1) is 0 Å². The molecule has 0 atom stereocenters. The molecule has 10 aromatic carbocycles. The Labute approximate surface area is 367 Å². The third kappa shape index (κ3) is 6.15. The van der Waals surface area contributed by atoms with Gasteiger partial charge in [-0.2, -0.15) is 0 Å². The van der Waals surface area contributed by atoms with E-state index in [4.69, 9.17) is 15.0 Å². The summed E-state index contributed by atoms with van der Waals surface area (Å²) >= 11 is 0. The van der Waals surface area contributed by atoms with Gasteiger partial charge in [-0.1, -0.05) is 208 Å². The van der Waals surface area contributed by atoms with Gasteiger partial charge < -0.3 is 0 Å². The number of hydrogen-bond acceptors (Lipinski definition) is 3. The first-order valence-corrected chi connectivity index (χ1v) is 21.7. The van der Waals surface area contributed by atoms with Crippen LogP contribution in [0.5, 0.6) is 0 Å². The van der Waals surface area contributed by atoms with Crippen molar-refractivity contribution < 1.29 is 0 Å². The van der Waals surface area contributed by atoms with Gasteiger partial charge in [-0.3, -0.25) is 0 Å². The zero-order chi connectivity index (χ0) is 42.1. The average molecular weight is 804 g/mol. The molecule has 12 rings (SSSR count). The van der Waals surface area contributed by atoms with Crippen LogP contribution in [-0.2, 0) is 5.41 Å². The van der Waals surface area contributed by atoms with Gasteiger partial charge >= 0.3 is 0 Å². The van der Waals surface area contributed by atoms with Crippen LogP contribution in [0.2, 0.25) is 0 Å². The molecule has 3 heteroatoms. The second-order valence-electron chi connectivity index (χ2n) is 17.2. The first-order chi connectivity index (χ1) is 31.0. The summed E-state index contributed by atoms with van der Waals surface area (Å²) in [5.41, 5.74) is 15.4. The highest BCUT2D eigenvalue weighted by atomic mass is 15.0. The van der Waals surface area contributed by atoms with Crippen LogP contribution in [0.3, 0.4) is 0 Å². The monoisotopic (exact) mass is 803 g/mol. The fraction of sp³-hybridized carbons (Fsp3) is 0.0500. The molecular formula is C60H41N3. The number of benzene rings is 10. The summed E-state index contributed by atoms with van der Waals surface area (Å²) in [6, 6.07) is 76.3. The Morgan fingerprint density at radius 3 is 1.30 bits per heavy atom. The van der Waals surface area contributed by atoms with E-state index < -0.39 is 0 Å². The Kier molecular flexibility index (Phi) is 8.52. The summed E-state index contributed by atoms with van der Waals surface area (Å²) in [5.74, 6) is 1.93. The summed E-state index contributed by atoms with van der Waals surface area (Å²) in [4.78, 5) is 15.6. The molecule has 63 heavy (non-hydrogen) atoms. The lowest BCUT2D eigenvalue weighted by molar-refractivity contribution is 0.660. The van der Waals surface area contributed by atoms with Gasteiger partial charge in [-0.25, -0.2) is 15.0 Å². The van der Waals surface area contributed by atoms with Crippen LogP contribution >= 0.6 is 0 Å². The molecule has 0 unspecified atom stereocenters. The summed E-state index contributed by atoms with van der Waals surface area (Å²) in [6.45, 7) is 4.68. The maximum Gasteiger partial charge on any atom is 0.164 e. The zero-order valence-electron chi connectivity index (χ0n) is 35.0. The Hall–Kier alpha value is -8.01. The van der Waals surface area contributed by atoms with E-state index in [0.717, 1.165) is 33.2 Å². The van der Waals surface area contributed by atoms with Crippen LogP contribution in [-0.4, -0.2) is 15.0 Å². The predicted octanol–water partition coefficient (Wildman–Crippen LogP) is 15.6. The maximum absolute atomic E-state index is 5.27. The summed E-state index contributed by atoms with van der Waals surface area (Å²) in [7, 11) is 0. The van der Waals surface area contributed by atoms with Crippen molar-refractivity contribution in [3.63, 3.8) is 0 Å². The minimum atomic E-state index is -0.0299. The first-order valence-electron chi connectivity index (χ1n) is 21.7. The highest BCUT2D eigenvalue weighted by molar-refractivity contribution is 6.28. The van der Waals surface area contributed by atoms with Gasteiger partial charge in [-0.05, 0) is 101 Å². The molecule has 1 aliphatic carbocycles. The second kappa shape index (κ2) is 14.6. The van der Waals surface area contributed by atoms with E-state index in [1.54, 1.807) is 0 Å². The minimum absolute atomic E-state index is 0.0299. The molecule has 0 aliphatic heterocycles. The quantitative estimate of drug-likeness (QED) is 0.157. The number of hydrogen-bond donors (Lipinski definition) is 0. The van der Waals surface area contributed by atoms with Crippen molar-refractivity contribution in [1.82, 2.24) is 15.0 Å². The lowest BCUT2D eigenvalue weighted by Crippen LogP contribution is -2.14. The molecular weight excluding hydrogens is 763 g/mol. The van der Waals surface area contributed by atoms with Crippen molar-refractivity contribution in [2.24, 2.45) is 0 Å². The van der Waals surface area contributed by atoms with Crippen molar-refractivity contribution in [3.05, 3.63) is 223 Å². The fourth-order valence-corrected chi connectivity index (χ4v) is 9.90. The molecule has 0 amide bonds. The molecule has 1 aliphatic rings. The first kappa shape index (κ1) is 36.8. The van der Waals surface area contributed by atoms with Gasteiger partial charge in [0.2, 0.25) is 0 Å². The van der Waals surface area contributed by atoms with E-state index in [1.807, 2.05) is 36.4 Å². The van der Waals surface area contributed by atoms with E-state index in [-0.39, 0.29) is 5.41 Å². The number of nitrogens with zero attached hydrogens (tertiary/aromatic N) is 3. The molecule has 11 aromatic rings. The molecule has 0 radical (unpaired) electrons. The van der Waals surface area contributed by atoms with Crippen molar-refractivity contribution in [2.45, 2.75) is 19.3 Å². The molecule has 0 saturated heterocycles. The highest BCUT2D eigenvalue weighted by Gasteiger charge is 2.35. The molecule has 1 heterocycles. The molecule has 0 saturated carbocycles. The SMILES string of the molecule is CC1(C)c2ccccc2-c2ccc(-c3ccc(-c4ccc(-c5cc(-c6nc(-c7ccccc7)nc(-c7ccccc7)n6)c6c7ccccc7c7ccccc7c6c5)cc4)cc3)cc21. The number of aromatic nitrogens is 3. The highest BCUT2D eigenvalue weighted by Crippen LogP contribution is 2.50. The van der Waals surface area contributed by atoms with E-state index >= 15 is 0 Å². The molecule has 3 nitrogen and oxygen atoms in total. The zero-order valence-corrected chi connectivity index (χ0v) is 35.0. The molecule has 0 N–H and O–H groups in total. The van der Waals surface area contributed by atoms with Crippen LogP contribution in [0.15, 0.2) is 212 Å². The van der Waals surface area contributed by atoms with Gasteiger partial charge in [0, 0.05) is 27.5 Å². The van der Waals surface area contributed by atoms with Crippen molar-refractivity contribution in [1.29, 1.82) is 0 Å². The number of rotatable bonds is 6. The van der Waals surface area contributed by atoms with Crippen LogP contribution in [0.4, 0.5) is 0 Å². The molecule has 0 fully saturated rings. The van der Waals surface area contributed by atoms with Gasteiger partial charge in [0.1, 0.15) is 0 Å². The van der Waals surface area contributed by atoms with Crippen LogP contribution < -0.4 is 0 Å². The summed E-state index contributed by atoms with van der Waals surface area (Å²) in [6.07, 6.45) is 0. The Morgan fingerprint density at radius 2 is 0.698 bits per heavy atom. The predicted molar refractivity (Wildman–Crippen MR) is 263 cm³/mol.